The fourth-order valence-electron chi connectivity index (χ4n) is 3.45. The zero-order valence-corrected chi connectivity index (χ0v) is 14.4. The molecule has 0 unspecified atom stereocenters. The largest absolute Gasteiger partial charge is 0.321 e. The lowest BCUT2D eigenvalue weighted by Crippen LogP contribution is -2.10. The van der Waals surface area contributed by atoms with Gasteiger partial charge in [0, 0.05) is 23.4 Å². The van der Waals surface area contributed by atoms with Crippen molar-refractivity contribution in [3.63, 3.8) is 0 Å². The molecule has 1 amide bonds. The zero-order valence-electron chi connectivity index (χ0n) is 14.4. The number of nitrogens with zero attached hydrogens (tertiary/aromatic N) is 1. The molecular weight excluding hydrogens is 308 g/mol. The number of para-hydroxylation sites is 1. The first-order valence-corrected chi connectivity index (χ1v) is 8.41. The Labute approximate surface area is 147 Å². The van der Waals surface area contributed by atoms with Crippen LogP contribution in [0.1, 0.15) is 16.7 Å². The number of amides is 1. The molecule has 0 spiro atoms. The van der Waals surface area contributed by atoms with Gasteiger partial charge in [-0.3, -0.25) is 4.79 Å². The molecule has 0 saturated carbocycles. The molecule has 4 rings (SSSR count). The number of carbonyl (C=O) groups is 1. The average molecular weight is 328 g/mol. The van der Waals surface area contributed by atoms with Gasteiger partial charge in [-0.2, -0.15) is 0 Å². The highest BCUT2D eigenvalue weighted by Gasteiger charge is 2.24. The van der Waals surface area contributed by atoms with Gasteiger partial charge in [0.05, 0.1) is 0 Å². The van der Waals surface area contributed by atoms with Gasteiger partial charge in [-0.15, -0.1) is 0 Å². The number of nitrogens with one attached hydrogen (secondary N) is 1. The van der Waals surface area contributed by atoms with Crippen LogP contribution in [0.4, 0.5) is 5.69 Å². The molecule has 3 aliphatic rings. The summed E-state index contributed by atoms with van der Waals surface area (Å²) in [6.07, 6.45) is 2.02. The summed E-state index contributed by atoms with van der Waals surface area (Å²) >= 11 is 0. The van der Waals surface area contributed by atoms with E-state index in [9.17, 15) is 4.79 Å². The maximum Gasteiger partial charge on any atom is 0.256 e. The molecule has 0 radical (unpaired) electrons. The van der Waals surface area contributed by atoms with Gasteiger partial charge in [0.2, 0.25) is 0 Å². The van der Waals surface area contributed by atoms with Gasteiger partial charge in [0.1, 0.15) is 0 Å². The van der Waals surface area contributed by atoms with E-state index >= 15 is 0 Å². The lowest BCUT2D eigenvalue weighted by Gasteiger charge is -2.09. The number of benzene rings is 1. The van der Waals surface area contributed by atoms with Crippen molar-refractivity contribution in [1.82, 2.24) is 4.90 Å². The highest BCUT2D eigenvalue weighted by atomic mass is 16.2. The maximum atomic E-state index is 12.4. The van der Waals surface area contributed by atoms with Crippen LogP contribution < -0.4 is 5.32 Å². The van der Waals surface area contributed by atoms with Crippen LogP contribution in [0.2, 0.25) is 0 Å². The van der Waals surface area contributed by atoms with E-state index in [0.29, 0.717) is 0 Å². The smallest absolute Gasteiger partial charge is 0.256 e. The molecule has 1 aromatic rings. The second-order valence-corrected chi connectivity index (χ2v) is 6.66. The number of hydrogen-bond donors (Lipinski definition) is 1. The molecule has 1 aliphatic heterocycles. The van der Waals surface area contributed by atoms with Crippen molar-refractivity contribution in [3.05, 3.63) is 77.4 Å². The molecule has 3 nitrogen and oxygen atoms in total. The molecule has 124 valence electrons. The van der Waals surface area contributed by atoms with E-state index in [1.807, 2.05) is 42.5 Å². The van der Waals surface area contributed by atoms with Crippen LogP contribution in [-0.2, 0) is 11.3 Å². The fourth-order valence-corrected chi connectivity index (χ4v) is 3.45. The molecular formula is C22H20N2O. The molecule has 0 atom stereocenters. The Morgan fingerprint density at radius 2 is 1.60 bits per heavy atom. The van der Waals surface area contributed by atoms with Crippen LogP contribution in [0.15, 0.2) is 60.7 Å². The normalized spacial score (nSPS) is 15.0. The highest BCUT2D eigenvalue weighted by Crippen LogP contribution is 2.38. The van der Waals surface area contributed by atoms with Crippen molar-refractivity contribution in [2.24, 2.45) is 0 Å². The summed E-state index contributed by atoms with van der Waals surface area (Å²) in [6, 6.07) is 20.5. The molecule has 3 heteroatoms. The van der Waals surface area contributed by atoms with E-state index in [4.69, 9.17) is 0 Å². The van der Waals surface area contributed by atoms with Crippen molar-refractivity contribution in [1.29, 1.82) is 0 Å². The highest BCUT2D eigenvalue weighted by molar-refractivity contribution is 6.35. The molecule has 1 heterocycles. The number of rotatable bonds is 3. The van der Waals surface area contributed by atoms with Crippen LogP contribution in [0.3, 0.4) is 0 Å². The van der Waals surface area contributed by atoms with Gasteiger partial charge >= 0.3 is 0 Å². The lowest BCUT2D eigenvalue weighted by atomic mass is 10.0. The van der Waals surface area contributed by atoms with Crippen LogP contribution >= 0.6 is 0 Å². The number of carbonyl (C=O) groups excluding carboxylic acids is 1. The number of anilines is 1. The third kappa shape index (κ3) is 2.83. The van der Waals surface area contributed by atoms with Crippen LogP contribution in [-0.4, -0.2) is 24.9 Å². The van der Waals surface area contributed by atoms with Crippen molar-refractivity contribution >= 4 is 23.2 Å². The van der Waals surface area contributed by atoms with Crippen molar-refractivity contribution in [2.75, 3.05) is 19.4 Å². The van der Waals surface area contributed by atoms with Gasteiger partial charge < -0.3 is 10.2 Å². The second-order valence-electron chi connectivity index (χ2n) is 6.66. The van der Waals surface area contributed by atoms with Crippen molar-refractivity contribution < 1.29 is 4.79 Å². The minimum absolute atomic E-state index is 0.0370. The van der Waals surface area contributed by atoms with E-state index in [2.05, 4.69) is 48.6 Å². The molecule has 1 aromatic carbocycles. The minimum Gasteiger partial charge on any atom is -0.321 e. The summed E-state index contributed by atoms with van der Waals surface area (Å²) in [7, 11) is 4.14. The van der Waals surface area contributed by atoms with E-state index in [1.165, 1.54) is 16.7 Å². The predicted octanol–water partition coefficient (Wildman–Crippen LogP) is 4.35. The summed E-state index contributed by atoms with van der Waals surface area (Å²) < 4.78 is 0. The average Bonchev–Trinajstić information content (AvgIpc) is 2.93. The first kappa shape index (κ1) is 15.6. The Balaban J connectivity index is 1.87. The number of fused-ring (bicyclic) bond motifs is 2. The summed E-state index contributed by atoms with van der Waals surface area (Å²) in [5, 5.41) is 2.95. The standard InChI is InChI=1S/C22H20N2O/c1-24(2)14-16-12-15(17-8-4-3-5-9-18(16)17)13-20-19-10-6-7-11-21(19)23-22(20)25/h3-13H,14H2,1-2H3,(H,23,25)/b20-13-. The predicted molar refractivity (Wildman–Crippen MR) is 103 cm³/mol. The molecule has 0 saturated heterocycles. The Hall–Kier alpha value is -2.91. The van der Waals surface area contributed by atoms with E-state index < -0.39 is 0 Å². The number of hydrogen-bond acceptors (Lipinski definition) is 2. The monoisotopic (exact) mass is 328 g/mol. The Kier molecular flexibility index (Phi) is 3.86. The lowest BCUT2D eigenvalue weighted by molar-refractivity contribution is -0.110. The van der Waals surface area contributed by atoms with Crippen molar-refractivity contribution in [2.45, 2.75) is 6.54 Å². The zero-order chi connectivity index (χ0) is 17.4. The van der Waals surface area contributed by atoms with E-state index in [0.717, 1.165) is 28.9 Å². The third-order valence-corrected chi connectivity index (χ3v) is 4.52. The van der Waals surface area contributed by atoms with E-state index in [-0.39, 0.29) is 5.91 Å². The quantitative estimate of drug-likeness (QED) is 0.725. The second kappa shape index (κ2) is 6.19. The molecule has 0 bridgehead atoms. The summed E-state index contributed by atoms with van der Waals surface area (Å²) in [4.78, 5) is 14.6. The van der Waals surface area contributed by atoms with Gasteiger partial charge in [-0.1, -0.05) is 48.5 Å². The van der Waals surface area contributed by atoms with Crippen molar-refractivity contribution in [3.8, 4) is 11.1 Å². The molecule has 2 aliphatic carbocycles. The van der Waals surface area contributed by atoms with Gasteiger partial charge in [-0.05, 0) is 54.6 Å². The molecule has 1 N–H and O–H groups in total. The SMILES string of the molecule is CN(C)Cc1cc(/C=C2\C(=O)Nc3ccccc32)c2cccccc1-2. The topological polar surface area (TPSA) is 32.3 Å². The summed E-state index contributed by atoms with van der Waals surface area (Å²) in [5.41, 5.74) is 7.35. The fraction of sp³-hybridized carbons (Fsp3) is 0.136. The summed E-state index contributed by atoms with van der Waals surface area (Å²) in [6.45, 7) is 0.868. The maximum absolute atomic E-state index is 12.4. The van der Waals surface area contributed by atoms with Gasteiger partial charge in [0.25, 0.3) is 5.91 Å². The van der Waals surface area contributed by atoms with Crippen LogP contribution in [0.5, 0.6) is 0 Å². The van der Waals surface area contributed by atoms with Gasteiger partial charge in [0.15, 0.2) is 0 Å². The molecule has 0 fully saturated rings. The van der Waals surface area contributed by atoms with E-state index in [1.54, 1.807) is 0 Å². The Morgan fingerprint density at radius 1 is 0.920 bits per heavy atom. The Bertz CT molecular complexity index is 956. The van der Waals surface area contributed by atoms with Crippen LogP contribution in [0.25, 0.3) is 22.8 Å². The van der Waals surface area contributed by atoms with Crippen LogP contribution in [0, 0.1) is 0 Å². The minimum atomic E-state index is -0.0370. The molecule has 25 heavy (non-hydrogen) atoms. The summed E-state index contributed by atoms with van der Waals surface area (Å²) in [5.74, 6) is -0.0370. The first-order chi connectivity index (χ1) is 12.1. The first-order valence-electron chi connectivity index (χ1n) is 8.41. The molecule has 0 aromatic heterocycles. The Morgan fingerprint density at radius 3 is 2.40 bits per heavy atom. The third-order valence-electron chi connectivity index (χ3n) is 4.52. The van der Waals surface area contributed by atoms with Gasteiger partial charge in [-0.25, -0.2) is 0 Å².